The van der Waals surface area contributed by atoms with Gasteiger partial charge in [0.1, 0.15) is 5.76 Å². The van der Waals surface area contributed by atoms with Crippen LogP contribution in [0.15, 0.2) is 47.1 Å². The fraction of sp³-hybridized carbons (Fsp3) is 0.353. The summed E-state index contributed by atoms with van der Waals surface area (Å²) in [4.78, 5) is 12.0. The molecule has 0 bridgehead atoms. The molecule has 1 heterocycles. The van der Waals surface area contributed by atoms with Gasteiger partial charge in [0.25, 0.3) is 5.91 Å². The zero-order chi connectivity index (χ0) is 16.5. The van der Waals surface area contributed by atoms with Crippen molar-refractivity contribution < 1.29 is 18.7 Å². The van der Waals surface area contributed by atoms with Crippen LogP contribution in [-0.2, 0) is 10.5 Å². The van der Waals surface area contributed by atoms with Gasteiger partial charge in [0.15, 0.2) is 17.6 Å². The first-order valence-corrected chi connectivity index (χ1v) is 8.53. The molecule has 1 amide bonds. The fourth-order valence-corrected chi connectivity index (χ4v) is 2.67. The molecule has 0 saturated carbocycles. The Morgan fingerprint density at radius 3 is 2.74 bits per heavy atom. The largest absolute Gasteiger partial charge is 0.493 e. The number of carbonyl (C=O) groups is 1. The molecule has 0 unspecified atom stereocenters. The summed E-state index contributed by atoms with van der Waals surface area (Å²) in [6, 6.07) is 11.1. The van der Waals surface area contributed by atoms with E-state index in [0.717, 1.165) is 17.3 Å². The lowest BCUT2D eigenvalue weighted by Gasteiger charge is -2.16. The Morgan fingerprint density at radius 2 is 2.04 bits per heavy atom. The summed E-state index contributed by atoms with van der Waals surface area (Å²) < 4.78 is 16.1. The molecule has 1 aromatic carbocycles. The maximum atomic E-state index is 12.0. The maximum Gasteiger partial charge on any atom is 0.260 e. The first-order valence-electron chi connectivity index (χ1n) is 7.38. The van der Waals surface area contributed by atoms with Crippen LogP contribution in [0, 0.1) is 0 Å². The first kappa shape index (κ1) is 17.3. The van der Waals surface area contributed by atoms with Gasteiger partial charge in [0.05, 0.1) is 19.1 Å². The SMILES string of the molecule is COc1ccccc1O[C@@H](C)C(=O)NCCSCc1ccco1. The topological polar surface area (TPSA) is 60.7 Å². The van der Waals surface area contributed by atoms with Gasteiger partial charge < -0.3 is 19.2 Å². The number of benzene rings is 1. The molecule has 1 N–H and O–H groups in total. The second-order valence-electron chi connectivity index (χ2n) is 4.83. The predicted molar refractivity (Wildman–Crippen MR) is 91.0 cm³/mol. The van der Waals surface area contributed by atoms with Gasteiger partial charge in [-0.2, -0.15) is 11.8 Å². The average molecular weight is 335 g/mol. The molecule has 5 nitrogen and oxygen atoms in total. The van der Waals surface area contributed by atoms with Crippen molar-refractivity contribution in [3.05, 3.63) is 48.4 Å². The Hall–Kier alpha value is -2.08. The van der Waals surface area contributed by atoms with Crippen LogP contribution in [0.2, 0.25) is 0 Å². The number of para-hydroxylation sites is 2. The fourth-order valence-electron chi connectivity index (χ4n) is 1.92. The highest BCUT2D eigenvalue weighted by Crippen LogP contribution is 2.26. The van der Waals surface area contributed by atoms with Gasteiger partial charge in [-0.05, 0) is 31.2 Å². The number of hydrogen-bond donors (Lipinski definition) is 1. The molecule has 0 aliphatic heterocycles. The highest BCUT2D eigenvalue weighted by atomic mass is 32.2. The van der Waals surface area contributed by atoms with Crippen molar-refractivity contribution in [2.45, 2.75) is 18.8 Å². The van der Waals surface area contributed by atoms with Crippen molar-refractivity contribution in [1.29, 1.82) is 0 Å². The molecule has 0 saturated heterocycles. The van der Waals surface area contributed by atoms with E-state index in [-0.39, 0.29) is 5.91 Å². The van der Waals surface area contributed by atoms with Crippen LogP contribution in [0.5, 0.6) is 11.5 Å². The number of thioether (sulfide) groups is 1. The quantitative estimate of drug-likeness (QED) is 0.714. The third-order valence-electron chi connectivity index (χ3n) is 3.11. The third-order valence-corrected chi connectivity index (χ3v) is 4.09. The molecule has 0 spiro atoms. The molecular weight excluding hydrogens is 314 g/mol. The van der Waals surface area contributed by atoms with E-state index in [0.29, 0.717) is 18.0 Å². The van der Waals surface area contributed by atoms with E-state index >= 15 is 0 Å². The van der Waals surface area contributed by atoms with Crippen molar-refractivity contribution in [3.8, 4) is 11.5 Å². The Kier molecular flexibility index (Phi) is 6.87. The molecule has 1 atom stereocenters. The van der Waals surface area contributed by atoms with Crippen molar-refractivity contribution in [2.24, 2.45) is 0 Å². The molecule has 6 heteroatoms. The van der Waals surface area contributed by atoms with Gasteiger partial charge in [-0.15, -0.1) is 0 Å². The van der Waals surface area contributed by atoms with Gasteiger partial charge in [-0.3, -0.25) is 4.79 Å². The summed E-state index contributed by atoms with van der Waals surface area (Å²) in [5, 5.41) is 2.86. The van der Waals surface area contributed by atoms with Crippen LogP contribution in [0.25, 0.3) is 0 Å². The second kappa shape index (κ2) is 9.15. The number of nitrogens with one attached hydrogen (secondary N) is 1. The summed E-state index contributed by atoms with van der Waals surface area (Å²) in [5.74, 6) is 3.58. The molecule has 2 aromatic rings. The lowest BCUT2D eigenvalue weighted by molar-refractivity contribution is -0.127. The summed E-state index contributed by atoms with van der Waals surface area (Å²) in [7, 11) is 1.57. The molecule has 23 heavy (non-hydrogen) atoms. The number of carbonyl (C=O) groups excluding carboxylic acids is 1. The zero-order valence-electron chi connectivity index (χ0n) is 13.3. The standard InChI is InChI=1S/C17H21NO4S/c1-13(22-16-8-4-3-7-15(16)20-2)17(19)18-9-11-23-12-14-6-5-10-21-14/h3-8,10,13H,9,11-12H2,1-2H3,(H,18,19)/t13-/m0/s1. The summed E-state index contributed by atoms with van der Waals surface area (Å²) in [6.45, 7) is 2.31. The van der Waals surface area contributed by atoms with Crippen molar-refractivity contribution in [2.75, 3.05) is 19.4 Å². The Morgan fingerprint density at radius 1 is 1.26 bits per heavy atom. The van der Waals surface area contributed by atoms with Crippen LogP contribution < -0.4 is 14.8 Å². The minimum Gasteiger partial charge on any atom is -0.493 e. The normalized spacial score (nSPS) is 11.7. The van der Waals surface area contributed by atoms with E-state index in [9.17, 15) is 4.79 Å². The molecule has 0 aliphatic carbocycles. The van der Waals surface area contributed by atoms with Crippen LogP contribution in [0.4, 0.5) is 0 Å². The third kappa shape index (κ3) is 5.56. The number of ether oxygens (including phenoxy) is 2. The maximum absolute atomic E-state index is 12.0. The average Bonchev–Trinajstić information content (AvgIpc) is 3.08. The molecule has 0 radical (unpaired) electrons. The molecule has 0 aliphatic rings. The van der Waals surface area contributed by atoms with Crippen LogP contribution in [-0.4, -0.2) is 31.4 Å². The number of amides is 1. The second-order valence-corrected chi connectivity index (χ2v) is 5.94. The van der Waals surface area contributed by atoms with E-state index in [1.165, 1.54) is 0 Å². The van der Waals surface area contributed by atoms with Crippen LogP contribution in [0.3, 0.4) is 0 Å². The summed E-state index contributed by atoms with van der Waals surface area (Å²) in [5.41, 5.74) is 0. The van der Waals surface area contributed by atoms with Crippen molar-refractivity contribution in [1.82, 2.24) is 5.32 Å². The molecule has 2 rings (SSSR count). The minimum absolute atomic E-state index is 0.144. The van der Waals surface area contributed by atoms with Gasteiger partial charge >= 0.3 is 0 Å². The van der Waals surface area contributed by atoms with E-state index in [2.05, 4.69) is 5.32 Å². The van der Waals surface area contributed by atoms with Crippen molar-refractivity contribution in [3.63, 3.8) is 0 Å². The Bertz CT molecular complexity index is 600. The molecule has 0 fully saturated rings. The van der Waals surface area contributed by atoms with Gasteiger partial charge in [-0.1, -0.05) is 12.1 Å². The summed E-state index contributed by atoms with van der Waals surface area (Å²) >= 11 is 1.71. The number of methoxy groups -OCH3 is 1. The minimum atomic E-state index is -0.582. The van der Waals surface area contributed by atoms with E-state index in [1.54, 1.807) is 44.2 Å². The lowest BCUT2D eigenvalue weighted by atomic mass is 10.3. The predicted octanol–water partition coefficient (Wildman–Crippen LogP) is 3.11. The van der Waals surface area contributed by atoms with Gasteiger partial charge in [0, 0.05) is 12.3 Å². The monoisotopic (exact) mass is 335 g/mol. The molecule has 1 aromatic heterocycles. The van der Waals surface area contributed by atoms with E-state index in [4.69, 9.17) is 13.9 Å². The van der Waals surface area contributed by atoms with Crippen LogP contribution in [0.1, 0.15) is 12.7 Å². The molecular formula is C17H21NO4S. The Balaban J connectivity index is 1.68. The van der Waals surface area contributed by atoms with Gasteiger partial charge in [-0.25, -0.2) is 0 Å². The zero-order valence-corrected chi connectivity index (χ0v) is 14.1. The van der Waals surface area contributed by atoms with E-state index < -0.39 is 6.10 Å². The van der Waals surface area contributed by atoms with Crippen molar-refractivity contribution >= 4 is 17.7 Å². The van der Waals surface area contributed by atoms with E-state index in [1.807, 2.05) is 24.3 Å². The number of rotatable bonds is 9. The number of hydrogen-bond acceptors (Lipinski definition) is 5. The van der Waals surface area contributed by atoms with Crippen LogP contribution >= 0.6 is 11.8 Å². The highest BCUT2D eigenvalue weighted by Gasteiger charge is 2.16. The number of furan rings is 1. The summed E-state index contributed by atoms with van der Waals surface area (Å²) in [6.07, 6.45) is 1.08. The Labute approximate surface area is 140 Å². The van der Waals surface area contributed by atoms with Gasteiger partial charge in [0.2, 0.25) is 0 Å². The molecule has 124 valence electrons. The smallest absolute Gasteiger partial charge is 0.260 e. The first-order chi connectivity index (χ1) is 11.2. The lowest BCUT2D eigenvalue weighted by Crippen LogP contribution is -2.37. The highest BCUT2D eigenvalue weighted by molar-refractivity contribution is 7.98.